The molecule has 1 heterocycles. The van der Waals surface area contributed by atoms with Crippen molar-refractivity contribution in [1.29, 1.82) is 0 Å². The minimum atomic E-state index is -4.14. The second-order valence-corrected chi connectivity index (χ2v) is 7.48. The van der Waals surface area contributed by atoms with Crippen LogP contribution in [0.15, 0.2) is 23.8 Å². The number of ether oxygens (including phenoxy) is 1. The molecule has 0 aromatic heterocycles. The third-order valence-corrected chi connectivity index (χ3v) is 5.20. The van der Waals surface area contributed by atoms with Gasteiger partial charge in [-0.25, -0.2) is 0 Å². The van der Waals surface area contributed by atoms with E-state index in [4.69, 9.17) is 9.84 Å². The van der Waals surface area contributed by atoms with E-state index in [0.717, 1.165) is 24.1 Å². The van der Waals surface area contributed by atoms with Gasteiger partial charge < -0.3 is 9.84 Å². The Kier molecular flexibility index (Phi) is 5.79. The molecule has 1 N–H and O–H groups in total. The maximum atomic E-state index is 12.2. The molecule has 1 aromatic rings. The summed E-state index contributed by atoms with van der Waals surface area (Å²) in [7, 11) is 0. The molecule has 1 saturated heterocycles. The number of halogens is 3. The molecule has 148 valence electrons. The fourth-order valence-electron chi connectivity index (χ4n) is 3.57. The van der Waals surface area contributed by atoms with Crippen molar-refractivity contribution in [3.05, 3.63) is 34.9 Å². The van der Waals surface area contributed by atoms with Gasteiger partial charge in [0.15, 0.2) is 0 Å². The van der Waals surface area contributed by atoms with Crippen LogP contribution >= 0.6 is 0 Å². The Morgan fingerprint density at radius 2 is 2.07 bits per heavy atom. The lowest BCUT2D eigenvalue weighted by Gasteiger charge is -2.38. The Morgan fingerprint density at radius 3 is 2.74 bits per heavy atom. The van der Waals surface area contributed by atoms with E-state index in [9.17, 15) is 18.0 Å². The van der Waals surface area contributed by atoms with Crippen molar-refractivity contribution < 1.29 is 27.8 Å². The number of benzene rings is 1. The van der Waals surface area contributed by atoms with E-state index in [1.807, 2.05) is 12.1 Å². The van der Waals surface area contributed by atoms with Crippen LogP contribution in [0.4, 0.5) is 13.2 Å². The quantitative estimate of drug-likeness (QED) is 0.723. The number of hydrogen-bond donors (Lipinski definition) is 1. The Bertz CT molecular complexity index is 724. The number of rotatable bonds is 7. The average molecular weight is 383 g/mol. The van der Waals surface area contributed by atoms with Gasteiger partial charge in [0.1, 0.15) is 5.75 Å². The zero-order chi connectivity index (χ0) is 19.6. The predicted octanol–water partition coefficient (Wildman–Crippen LogP) is 4.00. The number of aliphatic carboxylic acids is 1. The van der Waals surface area contributed by atoms with E-state index < -0.39 is 18.6 Å². The molecular weight excluding hydrogens is 359 g/mol. The highest BCUT2D eigenvalue weighted by molar-refractivity contribution is 5.71. The summed E-state index contributed by atoms with van der Waals surface area (Å²) >= 11 is 0. The molecule has 2 aliphatic rings. The van der Waals surface area contributed by atoms with E-state index in [2.05, 4.69) is 17.9 Å². The Balaban J connectivity index is 1.56. The molecule has 1 aliphatic carbocycles. The number of nitrogens with zero attached hydrogens (tertiary/aromatic N) is 1. The van der Waals surface area contributed by atoms with Gasteiger partial charge in [-0.1, -0.05) is 24.6 Å². The normalized spacial score (nSPS) is 20.6. The van der Waals surface area contributed by atoms with Crippen molar-refractivity contribution in [2.24, 2.45) is 11.8 Å². The third-order valence-electron chi connectivity index (χ3n) is 5.20. The zero-order valence-corrected chi connectivity index (χ0v) is 15.3. The van der Waals surface area contributed by atoms with Gasteiger partial charge >= 0.3 is 12.1 Å². The predicted molar refractivity (Wildman–Crippen MR) is 95.6 cm³/mol. The molecule has 0 radical (unpaired) electrons. The first-order chi connectivity index (χ1) is 12.7. The van der Waals surface area contributed by atoms with Gasteiger partial charge in [-0.2, -0.15) is 13.2 Å². The van der Waals surface area contributed by atoms with E-state index in [-0.39, 0.29) is 18.9 Å². The minimum absolute atomic E-state index is 0.0474. The largest absolute Gasteiger partial charge is 0.494 e. The first-order valence-electron chi connectivity index (χ1n) is 9.19. The fourth-order valence-corrected chi connectivity index (χ4v) is 3.57. The van der Waals surface area contributed by atoms with Gasteiger partial charge in [-0.05, 0) is 42.0 Å². The molecule has 7 heteroatoms. The van der Waals surface area contributed by atoms with Crippen LogP contribution in [0.1, 0.15) is 30.9 Å². The maximum Gasteiger partial charge on any atom is 0.389 e. The highest BCUT2D eigenvalue weighted by Gasteiger charge is 2.33. The standard InChI is InChI=1S/C20H24F3NO3/c1-13-7-15-9-18(27-6-2-5-20(21,22)23)4-3-14(15)8-16(13)10-24-11-17(12-24)19(25)26/h3-4,8-9,13,17H,2,5-7,10-12H2,1H3,(H,25,26)/t13-/m1/s1. The van der Waals surface area contributed by atoms with Gasteiger partial charge in [0.25, 0.3) is 0 Å². The number of carbonyl (C=O) groups is 1. The second-order valence-electron chi connectivity index (χ2n) is 7.48. The van der Waals surface area contributed by atoms with Gasteiger partial charge in [-0.3, -0.25) is 9.69 Å². The molecular formula is C20H24F3NO3. The number of carboxylic acids is 1. The summed E-state index contributed by atoms with van der Waals surface area (Å²) in [6.45, 7) is 4.16. The fraction of sp³-hybridized carbons (Fsp3) is 0.550. The van der Waals surface area contributed by atoms with Crippen molar-refractivity contribution in [1.82, 2.24) is 4.90 Å². The van der Waals surface area contributed by atoms with Gasteiger partial charge in [0.2, 0.25) is 0 Å². The lowest BCUT2D eigenvalue weighted by atomic mass is 9.83. The first-order valence-corrected chi connectivity index (χ1v) is 9.19. The summed E-state index contributed by atoms with van der Waals surface area (Å²) in [6.07, 6.45) is -2.03. The summed E-state index contributed by atoms with van der Waals surface area (Å²) in [5, 5.41) is 8.97. The Labute approximate surface area is 156 Å². The summed E-state index contributed by atoms with van der Waals surface area (Å²) in [5.41, 5.74) is 3.51. The van der Waals surface area contributed by atoms with Gasteiger partial charge in [0, 0.05) is 26.1 Å². The molecule has 1 atom stereocenters. The molecule has 0 amide bonds. The number of fused-ring (bicyclic) bond motifs is 1. The summed E-state index contributed by atoms with van der Waals surface area (Å²) in [4.78, 5) is 13.1. The zero-order valence-electron chi connectivity index (χ0n) is 15.3. The lowest BCUT2D eigenvalue weighted by molar-refractivity contribution is -0.147. The third kappa shape index (κ3) is 5.25. The molecule has 4 nitrogen and oxygen atoms in total. The molecule has 0 unspecified atom stereocenters. The van der Waals surface area contributed by atoms with E-state index in [1.165, 1.54) is 5.57 Å². The van der Waals surface area contributed by atoms with E-state index >= 15 is 0 Å². The van der Waals surface area contributed by atoms with Crippen LogP contribution in [0.5, 0.6) is 5.75 Å². The summed E-state index contributed by atoms with van der Waals surface area (Å²) in [6, 6.07) is 5.65. The minimum Gasteiger partial charge on any atom is -0.494 e. The molecule has 1 aromatic carbocycles. The lowest BCUT2D eigenvalue weighted by Crippen LogP contribution is -2.51. The molecule has 0 bridgehead atoms. The highest BCUT2D eigenvalue weighted by Crippen LogP contribution is 2.32. The van der Waals surface area contributed by atoms with Crippen LogP contribution in [0, 0.1) is 11.8 Å². The molecule has 1 aliphatic heterocycles. The first kappa shape index (κ1) is 19.7. The average Bonchev–Trinajstić information content (AvgIpc) is 2.53. The summed E-state index contributed by atoms with van der Waals surface area (Å²) < 4.78 is 42.0. The molecule has 0 saturated carbocycles. The Morgan fingerprint density at radius 1 is 1.33 bits per heavy atom. The van der Waals surface area contributed by atoms with Crippen LogP contribution in [0.2, 0.25) is 0 Å². The maximum absolute atomic E-state index is 12.2. The SMILES string of the molecule is C[C@@H]1Cc2cc(OCCCC(F)(F)F)ccc2C=C1CN1CC(C(=O)O)C1. The molecule has 3 rings (SSSR count). The monoisotopic (exact) mass is 383 g/mol. The molecule has 0 spiro atoms. The van der Waals surface area contributed by atoms with Crippen molar-refractivity contribution in [3.63, 3.8) is 0 Å². The van der Waals surface area contributed by atoms with Crippen molar-refractivity contribution in [2.45, 2.75) is 32.4 Å². The van der Waals surface area contributed by atoms with Crippen LogP contribution in [-0.2, 0) is 11.2 Å². The second kappa shape index (κ2) is 7.92. The molecule has 27 heavy (non-hydrogen) atoms. The number of likely N-dealkylation sites (tertiary alicyclic amines) is 1. The summed E-state index contributed by atoms with van der Waals surface area (Å²) in [5.74, 6) is -0.0484. The number of alkyl halides is 3. The van der Waals surface area contributed by atoms with Crippen molar-refractivity contribution in [3.8, 4) is 5.75 Å². The van der Waals surface area contributed by atoms with Gasteiger partial charge in [0.05, 0.1) is 12.5 Å². The highest BCUT2D eigenvalue weighted by atomic mass is 19.4. The van der Waals surface area contributed by atoms with Crippen LogP contribution in [0.3, 0.4) is 0 Å². The van der Waals surface area contributed by atoms with Crippen molar-refractivity contribution >= 4 is 12.0 Å². The van der Waals surface area contributed by atoms with E-state index in [0.29, 0.717) is 24.8 Å². The van der Waals surface area contributed by atoms with Crippen LogP contribution in [0.25, 0.3) is 6.08 Å². The Hall–Kier alpha value is -2.02. The van der Waals surface area contributed by atoms with E-state index in [1.54, 1.807) is 6.07 Å². The smallest absolute Gasteiger partial charge is 0.389 e. The van der Waals surface area contributed by atoms with Gasteiger partial charge in [-0.15, -0.1) is 0 Å². The van der Waals surface area contributed by atoms with Crippen LogP contribution < -0.4 is 4.74 Å². The molecule has 1 fully saturated rings. The van der Waals surface area contributed by atoms with Crippen molar-refractivity contribution in [2.75, 3.05) is 26.2 Å². The van der Waals surface area contributed by atoms with Crippen LogP contribution in [-0.4, -0.2) is 48.4 Å². The number of carboxylic acid groups (broad SMARTS) is 1. The topological polar surface area (TPSA) is 49.8 Å². The number of hydrogen-bond acceptors (Lipinski definition) is 3.